The molecule has 0 radical (unpaired) electrons. The van der Waals surface area contributed by atoms with Crippen LogP contribution in [0.25, 0.3) is 0 Å². The molecule has 0 spiro atoms. The van der Waals surface area contributed by atoms with Crippen LogP contribution in [0.2, 0.25) is 0 Å². The third kappa shape index (κ3) is 5.91. The molecule has 0 saturated carbocycles. The van der Waals surface area contributed by atoms with Crippen molar-refractivity contribution < 1.29 is 56.3 Å². The molecule has 1 aliphatic rings. The van der Waals surface area contributed by atoms with Gasteiger partial charge in [0.2, 0.25) is 0 Å². The molecular weight excluding hydrogens is 395 g/mol. The van der Waals surface area contributed by atoms with Crippen LogP contribution in [-0.4, -0.2) is 53.0 Å². The van der Waals surface area contributed by atoms with Crippen LogP contribution in [0.5, 0.6) is 0 Å². The van der Waals surface area contributed by atoms with Crippen molar-refractivity contribution in [1.29, 1.82) is 0 Å². The van der Waals surface area contributed by atoms with E-state index in [1.165, 1.54) is 11.8 Å². The zero-order valence-electron chi connectivity index (χ0n) is 12.8. The van der Waals surface area contributed by atoms with Crippen LogP contribution in [0.15, 0.2) is 11.5 Å². The summed E-state index contributed by atoms with van der Waals surface area (Å²) in [5, 5.41) is 18.9. The van der Waals surface area contributed by atoms with Crippen molar-refractivity contribution in [2.75, 3.05) is 20.8 Å². The summed E-state index contributed by atoms with van der Waals surface area (Å²) in [5.41, 5.74) is 0. The van der Waals surface area contributed by atoms with Gasteiger partial charge in [0.15, 0.2) is 18.0 Å². The standard InChI is InChI=1S/C8H18NO12P3/c1-5-7(10)8(11)6(20-5)4-19-22(12,13)9-23(14,15)21-24(16,17-2)18-3/h6,8,10-11H,4H2,1-3H3,(H3,9,12,13,14,15)/t6-,8-/m1/s1. The van der Waals surface area contributed by atoms with Crippen molar-refractivity contribution in [2.24, 2.45) is 0 Å². The van der Waals surface area contributed by atoms with Crippen molar-refractivity contribution >= 4 is 23.3 Å². The van der Waals surface area contributed by atoms with Crippen LogP contribution >= 0.6 is 23.3 Å². The summed E-state index contributed by atoms with van der Waals surface area (Å²) in [6, 6.07) is 0. The fraction of sp³-hybridized carbons (Fsp3) is 0.750. The number of allylic oxidation sites excluding steroid dienone is 1. The Labute approximate surface area is 136 Å². The Balaban J connectivity index is 2.65. The molecular formula is C8H18NO12P3. The minimum atomic E-state index is -5.13. The Hall–Kier alpha value is -0.290. The highest BCUT2D eigenvalue weighted by Gasteiger charge is 2.42. The fourth-order valence-electron chi connectivity index (χ4n) is 1.52. The highest BCUT2D eigenvalue weighted by molar-refractivity contribution is 7.71. The summed E-state index contributed by atoms with van der Waals surface area (Å²) in [6.45, 7) is 0.619. The van der Waals surface area contributed by atoms with Gasteiger partial charge >= 0.3 is 23.3 Å². The first kappa shape index (κ1) is 21.8. The number of aliphatic hydroxyl groups is 2. The monoisotopic (exact) mass is 413 g/mol. The Morgan fingerprint density at radius 1 is 1.17 bits per heavy atom. The molecule has 0 aromatic carbocycles. The number of hydrogen-bond acceptors (Lipinski definition) is 10. The molecule has 2 unspecified atom stereocenters. The second-order valence-electron chi connectivity index (χ2n) is 4.37. The van der Waals surface area contributed by atoms with Crippen LogP contribution < -0.4 is 4.86 Å². The number of hydrogen-bond donors (Lipinski definition) is 5. The molecule has 0 fully saturated rings. The molecule has 1 heterocycles. The molecule has 0 aromatic heterocycles. The Kier molecular flexibility index (Phi) is 7.20. The second-order valence-corrected chi connectivity index (χ2v) is 9.79. The predicted octanol–water partition coefficient (Wildman–Crippen LogP) is 0.760. The average molecular weight is 413 g/mol. The van der Waals surface area contributed by atoms with Gasteiger partial charge in [-0.3, -0.25) is 13.6 Å². The summed E-state index contributed by atoms with van der Waals surface area (Å²) >= 11 is 0. The molecule has 5 N–H and O–H groups in total. The molecule has 0 aliphatic carbocycles. The van der Waals surface area contributed by atoms with Gasteiger partial charge in [-0.2, -0.15) is 4.31 Å². The molecule has 1 aliphatic heterocycles. The van der Waals surface area contributed by atoms with Gasteiger partial charge in [-0.1, -0.05) is 0 Å². The SMILES string of the molecule is COP(=O)(OC)OP(=O)(O)NP(=O)(O)OC[C@H]1OC(C)=C(O)[C@@H]1O. The van der Waals surface area contributed by atoms with Gasteiger partial charge < -0.3 is 24.7 Å². The first-order valence-corrected chi connectivity index (χ1v) is 10.7. The lowest BCUT2D eigenvalue weighted by Crippen LogP contribution is -2.29. The molecule has 1 rings (SSSR count). The highest BCUT2D eigenvalue weighted by Crippen LogP contribution is 2.63. The maximum atomic E-state index is 11.7. The van der Waals surface area contributed by atoms with E-state index in [1.54, 1.807) is 0 Å². The summed E-state index contributed by atoms with van der Waals surface area (Å²) in [7, 11) is -12.8. The van der Waals surface area contributed by atoms with E-state index >= 15 is 0 Å². The second kappa shape index (κ2) is 7.94. The molecule has 142 valence electrons. The van der Waals surface area contributed by atoms with Gasteiger partial charge in [-0.15, -0.1) is 4.86 Å². The number of aliphatic hydroxyl groups excluding tert-OH is 2. The van der Waals surface area contributed by atoms with Crippen LogP contribution in [0, 0.1) is 0 Å². The third-order valence-electron chi connectivity index (χ3n) is 2.65. The number of phosphoric ester groups is 1. The Bertz CT molecular complexity index is 626. The number of ether oxygens (including phenoxy) is 1. The molecule has 16 heteroatoms. The summed E-state index contributed by atoms with van der Waals surface area (Å²) in [5.74, 6) is -0.476. The first-order chi connectivity index (χ1) is 10.8. The van der Waals surface area contributed by atoms with Crippen LogP contribution in [-0.2, 0) is 36.3 Å². The fourth-order valence-corrected chi connectivity index (χ4v) is 5.62. The van der Waals surface area contributed by atoms with Crippen molar-refractivity contribution in [1.82, 2.24) is 4.86 Å². The average Bonchev–Trinajstić information content (AvgIpc) is 2.70. The van der Waals surface area contributed by atoms with E-state index in [1.807, 2.05) is 0 Å². The normalized spacial score (nSPS) is 26.8. The smallest absolute Gasteiger partial charge is 0.482 e. The van der Waals surface area contributed by atoms with Gasteiger partial charge in [0.05, 0.1) is 6.61 Å². The predicted molar refractivity (Wildman–Crippen MR) is 77.7 cm³/mol. The number of nitrogens with one attached hydrogen (secondary N) is 1. The van der Waals surface area contributed by atoms with Gasteiger partial charge in [0.1, 0.15) is 5.76 Å². The van der Waals surface area contributed by atoms with Crippen molar-refractivity contribution in [2.45, 2.75) is 19.1 Å². The van der Waals surface area contributed by atoms with E-state index in [0.29, 0.717) is 0 Å². The maximum absolute atomic E-state index is 11.7. The van der Waals surface area contributed by atoms with Crippen LogP contribution in [0.1, 0.15) is 6.92 Å². The van der Waals surface area contributed by atoms with E-state index in [-0.39, 0.29) is 5.76 Å². The van der Waals surface area contributed by atoms with Gasteiger partial charge in [-0.05, 0) is 6.92 Å². The Morgan fingerprint density at radius 2 is 1.71 bits per heavy atom. The minimum absolute atomic E-state index is 0.00544. The zero-order valence-corrected chi connectivity index (χ0v) is 15.4. The lowest BCUT2D eigenvalue weighted by molar-refractivity contribution is 0.00813. The van der Waals surface area contributed by atoms with Gasteiger partial charge in [0, 0.05) is 14.2 Å². The van der Waals surface area contributed by atoms with Crippen molar-refractivity contribution in [3.8, 4) is 0 Å². The van der Waals surface area contributed by atoms with E-state index in [2.05, 4.69) is 17.9 Å². The topological polar surface area (TPSA) is 190 Å². The molecule has 0 aromatic rings. The maximum Gasteiger partial charge on any atom is 0.482 e. The summed E-state index contributed by atoms with van der Waals surface area (Å²) < 4.78 is 57.2. The van der Waals surface area contributed by atoms with Crippen molar-refractivity contribution in [3.05, 3.63) is 11.5 Å². The van der Waals surface area contributed by atoms with Gasteiger partial charge in [0.25, 0.3) is 0 Å². The molecule has 24 heavy (non-hydrogen) atoms. The lowest BCUT2D eigenvalue weighted by Gasteiger charge is -2.21. The van der Waals surface area contributed by atoms with E-state index in [4.69, 9.17) is 4.74 Å². The van der Waals surface area contributed by atoms with E-state index in [0.717, 1.165) is 14.2 Å². The van der Waals surface area contributed by atoms with Gasteiger partial charge in [-0.25, -0.2) is 13.7 Å². The molecule has 0 bridgehead atoms. The Morgan fingerprint density at radius 3 is 2.12 bits per heavy atom. The first-order valence-electron chi connectivity index (χ1n) is 6.11. The molecule has 13 nitrogen and oxygen atoms in total. The summed E-state index contributed by atoms with van der Waals surface area (Å²) in [6.07, 6.45) is -2.71. The minimum Gasteiger partial charge on any atom is -0.506 e. The van der Waals surface area contributed by atoms with Crippen molar-refractivity contribution in [3.63, 3.8) is 0 Å². The lowest BCUT2D eigenvalue weighted by atomic mass is 10.2. The zero-order chi connectivity index (χ0) is 18.8. The third-order valence-corrected chi connectivity index (χ3v) is 7.75. The van der Waals surface area contributed by atoms with Crippen LogP contribution in [0.3, 0.4) is 0 Å². The summed E-state index contributed by atoms with van der Waals surface area (Å²) in [4.78, 5) is 20.2. The number of rotatable bonds is 9. The van der Waals surface area contributed by atoms with E-state index in [9.17, 15) is 33.7 Å². The number of phosphoric acid groups is 1. The highest BCUT2D eigenvalue weighted by atomic mass is 31.3. The van der Waals surface area contributed by atoms with E-state index < -0.39 is 47.9 Å². The quantitative estimate of drug-likeness (QED) is 0.333. The molecule has 0 amide bonds. The molecule has 0 saturated heterocycles. The van der Waals surface area contributed by atoms with Crippen LogP contribution in [0.4, 0.5) is 0 Å². The molecule has 4 atom stereocenters. The largest absolute Gasteiger partial charge is 0.506 e.